The van der Waals surface area contributed by atoms with Crippen LogP contribution in [0.25, 0.3) is 0 Å². The number of esters is 4. The predicted octanol–water partition coefficient (Wildman–Crippen LogP) is 23.1. The van der Waals surface area contributed by atoms with Gasteiger partial charge in [-0.05, 0) is 37.5 Å². The average Bonchev–Trinajstić information content (AvgIpc) is 2.34. The largest absolute Gasteiger partial charge is 0.472 e. The lowest BCUT2D eigenvalue weighted by Gasteiger charge is -2.21. The summed E-state index contributed by atoms with van der Waals surface area (Å²) in [6.07, 6.45) is 58.1. The number of phosphoric ester groups is 2. The maximum atomic E-state index is 13.1. The molecule has 0 aliphatic rings. The topological polar surface area (TPSA) is 237 Å². The lowest BCUT2D eigenvalue weighted by Crippen LogP contribution is -2.30. The van der Waals surface area contributed by atoms with Crippen molar-refractivity contribution >= 4 is 39.5 Å². The third-order valence-electron chi connectivity index (χ3n) is 18.6. The summed E-state index contributed by atoms with van der Waals surface area (Å²) in [5.41, 5.74) is 0. The zero-order chi connectivity index (χ0) is 71.4. The van der Waals surface area contributed by atoms with Gasteiger partial charge in [-0.1, -0.05) is 356 Å². The van der Waals surface area contributed by atoms with Gasteiger partial charge < -0.3 is 33.8 Å². The zero-order valence-corrected chi connectivity index (χ0v) is 65.2. The maximum absolute atomic E-state index is 13.1. The SMILES string of the molecule is CCCCCCCCCCCCCCCCCCC(=O)O[C@H](COC(=O)CCCCCCCCCCCCCCCCC)COP(=O)(O)OC[C@@H](O)COP(=O)(O)OC[C@@H](COC(=O)CCCCCCCCCCC(C)CC)OC(=O)CCCCCCCCCCCCCC(C)C. The highest BCUT2D eigenvalue weighted by molar-refractivity contribution is 7.47. The fourth-order valence-corrected chi connectivity index (χ4v) is 13.6. The molecule has 3 unspecified atom stereocenters. The second kappa shape index (κ2) is 69.8. The molecule has 0 radical (unpaired) electrons. The van der Waals surface area contributed by atoms with Gasteiger partial charge in [0.1, 0.15) is 19.3 Å². The third kappa shape index (κ3) is 70.9. The Balaban J connectivity index is 5.27. The van der Waals surface area contributed by atoms with Crippen molar-refractivity contribution < 1.29 is 80.2 Å². The van der Waals surface area contributed by atoms with Gasteiger partial charge in [0.25, 0.3) is 0 Å². The van der Waals surface area contributed by atoms with Crippen LogP contribution in [-0.2, 0) is 65.4 Å². The number of ether oxygens (including phenoxy) is 4. The van der Waals surface area contributed by atoms with E-state index in [2.05, 4.69) is 41.5 Å². The van der Waals surface area contributed by atoms with E-state index in [-0.39, 0.29) is 25.7 Å². The summed E-state index contributed by atoms with van der Waals surface area (Å²) in [6, 6.07) is 0. The molecular weight excluding hydrogens is 1270 g/mol. The minimum absolute atomic E-state index is 0.106. The van der Waals surface area contributed by atoms with E-state index in [4.69, 9.17) is 37.0 Å². The van der Waals surface area contributed by atoms with Gasteiger partial charge in [0.05, 0.1) is 26.4 Å². The standard InChI is InChI=1S/C78H152O17P2/c1-7-10-12-14-16-18-20-22-24-26-28-32-36-44-50-56-62-77(82)94-73(66-88-75(80)60-54-48-42-35-31-27-25-23-21-19-17-15-13-11-8-2)68-92-96(84,85)90-64-72(79)65-91-97(86,87)93-69-74(67-89-76(81)61-55-49-43-39-38-41-47-53-59-71(6)9-3)95-78(83)63-57-51-45-37-33-29-30-34-40-46-52-58-70(4)5/h70-74,79H,7-69H2,1-6H3,(H,84,85)(H,86,87)/t71?,72-,73-,74-/m1/s1. The van der Waals surface area contributed by atoms with E-state index in [1.807, 2.05) is 0 Å². The molecule has 97 heavy (non-hydrogen) atoms. The number of aliphatic hydroxyl groups is 1. The quantitative estimate of drug-likeness (QED) is 0.0222. The molecule has 0 rings (SSSR count). The molecule has 0 aliphatic carbocycles. The van der Waals surface area contributed by atoms with E-state index in [0.717, 1.165) is 102 Å². The molecule has 576 valence electrons. The lowest BCUT2D eigenvalue weighted by atomic mass is 9.99. The Morgan fingerprint density at radius 3 is 0.784 bits per heavy atom. The molecule has 0 bridgehead atoms. The Kier molecular flexibility index (Phi) is 68.4. The second-order valence-corrected chi connectivity index (χ2v) is 31.7. The Morgan fingerprint density at radius 2 is 0.526 bits per heavy atom. The van der Waals surface area contributed by atoms with Crippen molar-refractivity contribution in [2.75, 3.05) is 39.6 Å². The maximum Gasteiger partial charge on any atom is 0.472 e. The van der Waals surface area contributed by atoms with Crippen LogP contribution in [0.15, 0.2) is 0 Å². The molecule has 0 fully saturated rings. The Bertz CT molecular complexity index is 1870. The van der Waals surface area contributed by atoms with E-state index >= 15 is 0 Å². The number of carbonyl (C=O) groups is 4. The van der Waals surface area contributed by atoms with Gasteiger partial charge in [0, 0.05) is 25.7 Å². The minimum Gasteiger partial charge on any atom is -0.462 e. The second-order valence-electron chi connectivity index (χ2n) is 28.8. The molecule has 6 atom stereocenters. The van der Waals surface area contributed by atoms with Gasteiger partial charge in [-0.25, -0.2) is 9.13 Å². The van der Waals surface area contributed by atoms with E-state index in [1.165, 1.54) is 225 Å². The fraction of sp³-hybridized carbons (Fsp3) is 0.949. The van der Waals surface area contributed by atoms with Crippen LogP contribution >= 0.6 is 15.6 Å². The monoisotopic (exact) mass is 1420 g/mol. The minimum atomic E-state index is -4.96. The normalized spacial score (nSPS) is 14.2. The van der Waals surface area contributed by atoms with Crippen LogP contribution in [0.2, 0.25) is 0 Å². The summed E-state index contributed by atoms with van der Waals surface area (Å²) in [5, 5.41) is 10.6. The van der Waals surface area contributed by atoms with Gasteiger partial charge in [-0.3, -0.25) is 37.3 Å². The summed E-state index contributed by atoms with van der Waals surface area (Å²) < 4.78 is 68.7. The number of hydrogen-bond acceptors (Lipinski definition) is 15. The molecule has 0 aromatic rings. The van der Waals surface area contributed by atoms with E-state index in [1.54, 1.807) is 0 Å². The first kappa shape index (κ1) is 95.1. The summed E-state index contributed by atoms with van der Waals surface area (Å²) in [5.74, 6) is -0.568. The number of phosphoric acid groups is 2. The van der Waals surface area contributed by atoms with Crippen LogP contribution in [-0.4, -0.2) is 96.7 Å². The number of rotatable bonds is 77. The van der Waals surface area contributed by atoms with E-state index in [0.29, 0.717) is 25.7 Å². The van der Waals surface area contributed by atoms with Crippen LogP contribution in [0.1, 0.15) is 408 Å². The molecule has 0 aromatic heterocycles. The summed E-state index contributed by atoms with van der Waals surface area (Å²) in [6.45, 7) is 9.63. The zero-order valence-electron chi connectivity index (χ0n) is 63.4. The van der Waals surface area contributed by atoms with Crippen molar-refractivity contribution in [3.8, 4) is 0 Å². The van der Waals surface area contributed by atoms with Crippen molar-refractivity contribution in [3.05, 3.63) is 0 Å². The Morgan fingerprint density at radius 1 is 0.299 bits per heavy atom. The molecule has 0 aliphatic heterocycles. The van der Waals surface area contributed by atoms with Gasteiger partial charge >= 0.3 is 39.5 Å². The van der Waals surface area contributed by atoms with Crippen LogP contribution in [0, 0.1) is 11.8 Å². The highest BCUT2D eigenvalue weighted by atomic mass is 31.2. The average molecular weight is 1420 g/mol. The molecule has 0 saturated carbocycles. The fourth-order valence-electron chi connectivity index (χ4n) is 12.0. The van der Waals surface area contributed by atoms with Gasteiger partial charge in [-0.2, -0.15) is 0 Å². The van der Waals surface area contributed by atoms with Crippen LogP contribution in [0.3, 0.4) is 0 Å². The van der Waals surface area contributed by atoms with Crippen molar-refractivity contribution in [3.63, 3.8) is 0 Å². The smallest absolute Gasteiger partial charge is 0.462 e. The predicted molar refractivity (Wildman–Crippen MR) is 395 cm³/mol. The molecule has 3 N–H and O–H groups in total. The summed E-state index contributed by atoms with van der Waals surface area (Å²) >= 11 is 0. The highest BCUT2D eigenvalue weighted by Crippen LogP contribution is 2.45. The van der Waals surface area contributed by atoms with E-state index < -0.39 is 97.5 Å². The van der Waals surface area contributed by atoms with Crippen molar-refractivity contribution in [2.24, 2.45) is 11.8 Å². The van der Waals surface area contributed by atoms with Crippen molar-refractivity contribution in [1.29, 1.82) is 0 Å². The molecule has 0 amide bonds. The summed E-state index contributed by atoms with van der Waals surface area (Å²) in [4.78, 5) is 73.0. The number of carbonyl (C=O) groups excluding carboxylic acids is 4. The molecule has 17 nitrogen and oxygen atoms in total. The highest BCUT2D eigenvalue weighted by Gasteiger charge is 2.30. The van der Waals surface area contributed by atoms with Crippen LogP contribution < -0.4 is 0 Å². The number of hydrogen-bond donors (Lipinski definition) is 3. The molecule has 19 heteroatoms. The first-order valence-corrected chi connectivity index (χ1v) is 43.5. The molecule has 0 aromatic carbocycles. The molecule has 0 spiro atoms. The Labute approximate surface area is 594 Å². The van der Waals surface area contributed by atoms with E-state index in [9.17, 15) is 43.2 Å². The summed E-state index contributed by atoms with van der Waals surface area (Å²) in [7, 11) is -9.92. The molecule has 0 saturated heterocycles. The third-order valence-corrected chi connectivity index (χ3v) is 20.5. The molecule has 0 heterocycles. The first-order chi connectivity index (χ1) is 46.9. The van der Waals surface area contributed by atoms with Gasteiger partial charge in [0.2, 0.25) is 0 Å². The van der Waals surface area contributed by atoms with Crippen LogP contribution in [0.4, 0.5) is 0 Å². The lowest BCUT2D eigenvalue weighted by molar-refractivity contribution is -0.161. The van der Waals surface area contributed by atoms with Crippen molar-refractivity contribution in [2.45, 2.75) is 426 Å². The van der Waals surface area contributed by atoms with Crippen LogP contribution in [0.5, 0.6) is 0 Å². The first-order valence-electron chi connectivity index (χ1n) is 40.5. The van der Waals surface area contributed by atoms with Crippen molar-refractivity contribution in [1.82, 2.24) is 0 Å². The number of aliphatic hydroxyl groups excluding tert-OH is 1. The Hall–Kier alpha value is -1.94. The number of unbranched alkanes of at least 4 members (excludes halogenated alkanes) is 46. The van der Waals surface area contributed by atoms with Gasteiger partial charge in [-0.15, -0.1) is 0 Å². The van der Waals surface area contributed by atoms with Gasteiger partial charge in [0.15, 0.2) is 12.2 Å². The molecular formula is C78H152O17P2.